The lowest BCUT2D eigenvalue weighted by atomic mass is 10.2. The van der Waals surface area contributed by atoms with E-state index in [0.29, 0.717) is 0 Å². The number of rotatable bonds is 4. The van der Waals surface area contributed by atoms with Gasteiger partial charge in [0.1, 0.15) is 5.82 Å². The van der Waals surface area contributed by atoms with Crippen LogP contribution in [0.4, 0.5) is 10.1 Å². The van der Waals surface area contributed by atoms with Gasteiger partial charge in [-0.25, -0.2) is 9.18 Å². The molecule has 21 heavy (non-hydrogen) atoms. The lowest BCUT2D eigenvalue weighted by Gasteiger charge is -2.04. The number of carbonyl (C=O) groups is 2. The van der Waals surface area contributed by atoms with Crippen molar-refractivity contribution in [2.75, 3.05) is 5.32 Å². The average molecular weight is 285 g/mol. The Morgan fingerprint density at radius 1 is 1.10 bits per heavy atom. The standard InChI is InChI=1S/C16H12FNO3/c17-13-10-12(16(20)21)7-8-14(13)18-15(19)9-6-11-4-2-1-3-5-11/h1-10H,(H,18,19)(H,20,21). The maximum atomic E-state index is 13.6. The quantitative estimate of drug-likeness (QED) is 0.848. The predicted molar refractivity (Wildman–Crippen MR) is 77.5 cm³/mol. The number of aromatic carboxylic acids is 1. The van der Waals surface area contributed by atoms with E-state index in [1.807, 2.05) is 30.3 Å². The molecule has 4 nitrogen and oxygen atoms in total. The zero-order chi connectivity index (χ0) is 15.2. The molecule has 106 valence electrons. The molecule has 0 aromatic heterocycles. The second kappa shape index (κ2) is 6.47. The van der Waals surface area contributed by atoms with Gasteiger partial charge in [0.15, 0.2) is 0 Å². The molecule has 0 aliphatic carbocycles. The van der Waals surface area contributed by atoms with Gasteiger partial charge in [-0.15, -0.1) is 0 Å². The number of carbonyl (C=O) groups excluding carboxylic acids is 1. The Morgan fingerprint density at radius 3 is 2.43 bits per heavy atom. The van der Waals surface area contributed by atoms with E-state index in [1.165, 1.54) is 18.2 Å². The first-order valence-electron chi connectivity index (χ1n) is 6.13. The number of carboxylic acids is 1. The second-order valence-electron chi connectivity index (χ2n) is 4.23. The van der Waals surface area contributed by atoms with Crippen LogP contribution in [0.1, 0.15) is 15.9 Å². The minimum Gasteiger partial charge on any atom is -0.478 e. The van der Waals surface area contributed by atoms with E-state index in [0.717, 1.165) is 11.6 Å². The SMILES string of the molecule is O=C(C=Cc1ccccc1)Nc1ccc(C(=O)O)cc1F. The Kier molecular flexibility index (Phi) is 4.46. The summed E-state index contributed by atoms with van der Waals surface area (Å²) in [5.74, 6) is -2.52. The summed E-state index contributed by atoms with van der Waals surface area (Å²) in [5, 5.41) is 11.1. The molecule has 0 saturated heterocycles. The number of carboxylic acid groups (broad SMARTS) is 1. The van der Waals surface area contributed by atoms with Gasteiger partial charge in [-0.05, 0) is 29.8 Å². The van der Waals surface area contributed by atoms with Gasteiger partial charge in [0, 0.05) is 6.08 Å². The molecule has 2 aromatic rings. The second-order valence-corrected chi connectivity index (χ2v) is 4.23. The zero-order valence-electron chi connectivity index (χ0n) is 10.9. The summed E-state index contributed by atoms with van der Waals surface area (Å²) in [7, 11) is 0. The normalized spacial score (nSPS) is 10.5. The Bertz CT molecular complexity index is 696. The number of amides is 1. The average Bonchev–Trinajstić information content (AvgIpc) is 2.48. The van der Waals surface area contributed by atoms with E-state index in [1.54, 1.807) is 6.08 Å². The van der Waals surface area contributed by atoms with Crippen molar-refractivity contribution >= 4 is 23.6 Å². The summed E-state index contributed by atoms with van der Waals surface area (Å²) in [5.41, 5.74) is 0.599. The van der Waals surface area contributed by atoms with Crippen molar-refractivity contribution in [3.63, 3.8) is 0 Å². The van der Waals surface area contributed by atoms with Crippen LogP contribution in [0.15, 0.2) is 54.6 Å². The van der Waals surface area contributed by atoms with Crippen LogP contribution >= 0.6 is 0 Å². The highest BCUT2D eigenvalue weighted by atomic mass is 19.1. The zero-order valence-corrected chi connectivity index (χ0v) is 10.9. The fourth-order valence-electron chi connectivity index (χ4n) is 1.66. The molecule has 2 N–H and O–H groups in total. The van der Waals surface area contributed by atoms with Crippen LogP contribution in [0.5, 0.6) is 0 Å². The highest BCUT2D eigenvalue weighted by Crippen LogP contribution is 2.16. The van der Waals surface area contributed by atoms with E-state index in [2.05, 4.69) is 5.32 Å². The fraction of sp³-hybridized carbons (Fsp3) is 0. The third-order valence-corrected chi connectivity index (χ3v) is 2.70. The Balaban J connectivity index is 2.06. The molecule has 2 rings (SSSR count). The van der Waals surface area contributed by atoms with Crippen LogP contribution < -0.4 is 5.32 Å². The summed E-state index contributed by atoms with van der Waals surface area (Å²) < 4.78 is 13.6. The van der Waals surface area contributed by atoms with Gasteiger partial charge in [-0.3, -0.25) is 4.79 Å². The van der Waals surface area contributed by atoms with Crippen molar-refractivity contribution in [2.24, 2.45) is 0 Å². The molecule has 0 saturated carbocycles. The molecule has 0 radical (unpaired) electrons. The van der Waals surface area contributed by atoms with Gasteiger partial charge in [0.05, 0.1) is 11.3 Å². The van der Waals surface area contributed by atoms with Gasteiger partial charge in [-0.2, -0.15) is 0 Å². The van der Waals surface area contributed by atoms with Crippen LogP contribution in [0.2, 0.25) is 0 Å². The van der Waals surface area contributed by atoms with Gasteiger partial charge in [0.25, 0.3) is 0 Å². The molecule has 0 bridgehead atoms. The Hall–Kier alpha value is -2.95. The minimum atomic E-state index is -1.23. The molecule has 0 spiro atoms. The number of nitrogens with one attached hydrogen (secondary N) is 1. The summed E-state index contributed by atoms with van der Waals surface area (Å²) in [6.07, 6.45) is 2.87. The molecule has 0 unspecified atom stereocenters. The van der Waals surface area contributed by atoms with Gasteiger partial charge in [-0.1, -0.05) is 30.3 Å². The monoisotopic (exact) mass is 285 g/mol. The first-order valence-corrected chi connectivity index (χ1v) is 6.13. The Labute approximate surface area is 120 Å². The van der Waals surface area contributed by atoms with E-state index in [-0.39, 0.29) is 11.3 Å². The van der Waals surface area contributed by atoms with Crippen molar-refractivity contribution in [3.05, 3.63) is 71.6 Å². The maximum absolute atomic E-state index is 13.6. The van der Waals surface area contributed by atoms with Gasteiger partial charge in [0.2, 0.25) is 5.91 Å². The highest BCUT2D eigenvalue weighted by molar-refractivity contribution is 6.02. The third kappa shape index (κ3) is 4.01. The predicted octanol–water partition coefficient (Wildman–Crippen LogP) is 3.18. The van der Waals surface area contributed by atoms with Gasteiger partial charge >= 0.3 is 5.97 Å². The van der Waals surface area contributed by atoms with Gasteiger partial charge < -0.3 is 10.4 Å². The van der Waals surface area contributed by atoms with Crippen LogP contribution in [0, 0.1) is 5.82 Å². The van der Waals surface area contributed by atoms with Crippen LogP contribution in [-0.4, -0.2) is 17.0 Å². The fourth-order valence-corrected chi connectivity index (χ4v) is 1.66. The molecular weight excluding hydrogens is 273 g/mol. The molecule has 0 atom stereocenters. The van der Waals surface area contributed by atoms with Crippen molar-refractivity contribution in [3.8, 4) is 0 Å². The highest BCUT2D eigenvalue weighted by Gasteiger charge is 2.09. The van der Waals surface area contributed by atoms with Crippen molar-refractivity contribution in [1.29, 1.82) is 0 Å². The topological polar surface area (TPSA) is 66.4 Å². The summed E-state index contributed by atoms with van der Waals surface area (Å²) in [4.78, 5) is 22.4. The largest absolute Gasteiger partial charge is 0.478 e. The maximum Gasteiger partial charge on any atom is 0.335 e. The number of hydrogen-bond donors (Lipinski definition) is 2. The summed E-state index contributed by atoms with van der Waals surface area (Å²) in [6.45, 7) is 0. The molecular formula is C16H12FNO3. The van der Waals surface area contributed by atoms with E-state index in [4.69, 9.17) is 5.11 Å². The molecule has 0 fully saturated rings. The molecule has 2 aromatic carbocycles. The third-order valence-electron chi connectivity index (χ3n) is 2.70. The number of anilines is 1. The molecule has 0 aliphatic heterocycles. The number of benzene rings is 2. The minimum absolute atomic E-state index is 0.0669. The molecule has 1 amide bonds. The van der Waals surface area contributed by atoms with Crippen molar-refractivity contribution in [2.45, 2.75) is 0 Å². The molecule has 5 heteroatoms. The van der Waals surface area contributed by atoms with Crippen molar-refractivity contribution < 1.29 is 19.1 Å². The summed E-state index contributed by atoms with van der Waals surface area (Å²) >= 11 is 0. The first-order chi connectivity index (χ1) is 10.1. The van der Waals surface area contributed by atoms with E-state index >= 15 is 0 Å². The van der Waals surface area contributed by atoms with Crippen LogP contribution in [-0.2, 0) is 4.79 Å². The molecule has 0 aliphatic rings. The van der Waals surface area contributed by atoms with E-state index < -0.39 is 17.7 Å². The van der Waals surface area contributed by atoms with Crippen molar-refractivity contribution in [1.82, 2.24) is 0 Å². The number of hydrogen-bond acceptors (Lipinski definition) is 2. The lowest BCUT2D eigenvalue weighted by Crippen LogP contribution is -2.10. The molecule has 0 heterocycles. The smallest absolute Gasteiger partial charge is 0.335 e. The Morgan fingerprint density at radius 2 is 1.81 bits per heavy atom. The summed E-state index contributed by atoms with van der Waals surface area (Å²) in [6, 6.07) is 12.5. The number of halogens is 1. The van der Waals surface area contributed by atoms with E-state index in [9.17, 15) is 14.0 Å². The van der Waals surface area contributed by atoms with Crippen LogP contribution in [0.25, 0.3) is 6.08 Å². The lowest BCUT2D eigenvalue weighted by molar-refractivity contribution is -0.111. The van der Waals surface area contributed by atoms with Crippen LogP contribution in [0.3, 0.4) is 0 Å². The first kappa shape index (κ1) is 14.5.